The number of rotatable bonds is 5. The van der Waals surface area contributed by atoms with Gasteiger partial charge in [0.2, 0.25) is 10.0 Å². The summed E-state index contributed by atoms with van der Waals surface area (Å²) in [5.41, 5.74) is -1.13. The molecule has 0 unspecified atom stereocenters. The fraction of sp³-hybridized carbons (Fsp3) is 0.474. The first-order valence-electron chi connectivity index (χ1n) is 9.48. The summed E-state index contributed by atoms with van der Waals surface area (Å²) in [5, 5.41) is 0. The van der Waals surface area contributed by atoms with E-state index in [1.165, 1.54) is 4.31 Å². The molecular weight excluding hydrogens is 421 g/mol. The standard InChI is InChI=1S/C19H23F3N4O3S/c1-14(2)13-25-8-7-23-17(18(25)27)24-9-11-26(12-10-24)30(28,29)16-5-3-15(4-6-16)19(20,21)22/h3-8,14H,9-13H2,1-2H3. The van der Waals surface area contributed by atoms with Crippen LogP contribution in [0.4, 0.5) is 19.0 Å². The van der Waals surface area contributed by atoms with Crippen LogP contribution in [-0.2, 0) is 22.7 Å². The molecule has 0 saturated carbocycles. The Kier molecular flexibility index (Phi) is 6.23. The molecule has 1 fully saturated rings. The Morgan fingerprint density at radius 2 is 1.67 bits per heavy atom. The van der Waals surface area contributed by atoms with E-state index in [2.05, 4.69) is 4.98 Å². The summed E-state index contributed by atoms with van der Waals surface area (Å²) >= 11 is 0. The van der Waals surface area contributed by atoms with E-state index in [9.17, 15) is 26.4 Å². The lowest BCUT2D eigenvalue weighted by Gasteiger charge is -2.34. The van der Waals surface area contributed by atoms with Crippen molar-refractivity contribution in [2.75, 3.05) is 31.1 Å². The zero-order chi connectivity index (χ0) is 22.1. The van der Waals surface area contributed by atoms with Crippen molar-refractivity contribution in [1.29, 1.82) is 0 Å². The molecule has 2 aromatic rings. The highest BCUT2D eigenvalue weighted by Gasteiger charge is 2.33. The van der Waals surface area contributed by atoms with Gasteiger partial charge in [-0.1, -0.05) is 13.8 Å². The highest BCUT2D eigenvalue weighted by Crippen LogP contribution is 2.30. The molecule has 1 aromatic carbocycles. The summed E-state index contributed by atoms with van der Waals surface area (Å²) in [6.07, 6.45) is -1.36. The molecule has 0 N–H and O–H groups in total. The molecule has 1 aliphatic rings. The quantitative estimate of drug-likeness (QED) is 0.708. The molecule has 0 bridgehead atoms. The number of aromatic nitrogens is 2. The van der Waals surface area contributed by atoms with Crippen LogP contribution in [-0.4, -0.2) is 48.5 Å². The number of sulfonamides is 1. The van der Waals surface area contributed by atoms with Crippen LogP contribution in [0.3, 0.4) is 0 Å². The van der Waals surface area contributed by atoms with Gasteiger partial charge in [-0.3, -0.25) is 4.79 Å². The first kappa shape index (κ1) is 22.3. The third kappa shape index (κ3) is 4.67. The van der Waals surface area contributed by atoms with Gasteiger partial charge in [-0.25, -0.2) is 13.4 Å². The summed E-state index contributed by atoms with van der Waals surface area (Å²) in [6.45, 7) is 5.26. The molecule has 0 atom stereocenters. The van der Waals surface area contributed by atoms with Crippen LogP contribution in [0.1, 0.15) is 19.4 Å². The van der Waals surface area contributed by atoms with Crippen molar-refractivity contribution in [3.8, 4) is 0 Å². The zero-order valence-corrected chi connectivity index (χ0v) is 17.4. The fourth-order valence-corrected chi connectivity index (χ4v) is 4.72. The van der Waals surface area contributed by atoms with Crippen molar-refractivity contribution in [1.82, 2.24) is 13.9 Å². The average Bonchev–Trinajstić information content (AvgIpc) is 2.69. The Morgan fingerprint density at radius 1 is 1.07 bits per heavy atom. The number of hydrogen-bond donors (Lipinski definition) is 0. The Labute approximate surface area is 172 Å². The molecular formula is C19H23F3N4O3S. The third-order valence-electron chi connectivity index (χ3n) is 4.82. The van der Waals surface area contributed by atoms with Crippen LogP contribution in [0.5, 0.6) is 0 Å². The average molecular weight is 444 g/mol. The van der Waals surface area contributed by atoms with E-state index >= 15 is 0 Å². The first-order chi connectivity index (χ1) is 14.0. The molecule has 30 heavy (non-hydrogen) atoms. The molecule has 2 heterocycles. The van der Waals surface area contributed by atoms with Gasteiger partial charge in [-0.2, -0.15) is 17.5 Å². The number of halogens is 3. The molecule has 1 aromatic heterocycles. The smallest absolute Gasteiger partial charge is 0.349 e. The van der Waals surface area contributed by atoms with Crippen LogP contribution in [0, 0.1) is 5.92 Å². The molecule has 7 nitrogen and oxygen atoms in total. The van der Waals surface area contributed by atoms with E-state index in [4.69, 9.17) is 0 Å². The highest BCUT2D eigenvalue weighted by molar-refractivity contribution is 7.89. The Hall–Kier alpha value is -2.40. The lowest BCUT2D eigenvalue weighted by Crippen LogP contribution is -2.50. The van der Waals surface area contributed by atoms with Gasteiger partial charge < -0.3 is 9.47 Å². The van der Waals surface area contributed by atoms with Crippen LogP contribution >= 0.6 is 0 Å². The topological polar surface area (TPSA) is 75.5 Å². The van der Waals surface area contributed by atoms with Gasteiger partial charge in [0.05, 0.1) is 10.5 Å². The van der Waals surface area contributed by atoms with E-state index in [1.807, 2.05) is 13.8 Å². The second-order valence-corrected chi connectivity index (χ2v) is 9.45. The maximum atomic E-state index is 12.8. The minimum absolute atomic E-state index is 0.101. The largest absolute Gasteiger partial charge is 0.416 e. The van der Waals surface area contributed by atoms with Gasteiger partial charge in [0.25, 0.3) is 5.56 Å². The molecule has 0 radical (unpaired) electrons. The second kappa shape index (κ2) is 8.38. The van der Waals surface area contributed by atoms with Crippen molar-refractivity contribution in [2.45, 2.75) is 31.5 Å². The van der Waals surface area contributed by atoms with Crippen molar-refractivity contribution >= 4 is 15.8 Å². The number of anilines is 1. The fourth-order valence-electron chi connectivity index (χ4n) is 3.30. The van der Waals surface area contributed by atoms with E-state index in [0.717, 1.165) is 24.3 Å². The maximum Gasteiger partial charge on any atom is 0.416 e. The molecule has 0 amide bonds. The SMILES string of the molecule is CC(C)Cn1ccnc(N2CCN(S(=O)(=O)c3ccc(C(F)(F)F)cc3)CC2)c1=O. The van der Waals surface area contributed by atoms with Crippen LogP contribution in [0.15, 0.2) is 46.3 Å². The summed E-state index contributed by atoms with van der Waals surface area (Å²) < 4.78 is 66.5. The number of hydrogen-bond acceptors (Lipinski definition) is 5. The number of piperazine rings is 1. The van der Waals surface area contributed by atoms with Crippen LogP contribution < -0.4 is 10.5 Å². The monoisotopic (exact) mass is 444 g/mol. The van der Waals surface area contributed by atoms with Gasteiger partial charge in [0, 0.05) is 45.1 Å². The normalized spacial score (nSPS) is 16.3. The van der Waals surface area contributed by atoms with Crippen molar-refractivity contribution in [3.63, 3.8) is 0 Å². The zero-order valence-electron chi connectivity index (χ0n) is 16.6. The van der Waals surface area contributed by atoms with E-state index in [-0.39, 0.29) is 48.4 Å². The summed E-state index contributed by atoms with van der Waals surface area (Å²) in [7, 11) is -3.93. The molecule has 1 aliphatic heterocycles. The minimum Gasteiger partial charge on any atom is -0.349 e. The lowest BCUT2D eigenvalue weighted by atomic mass is 10.2. The summed E-state index contributed by atoms with van der Waals surface area (Å²) in [4.78, 5) is 18.4. The maximum absolute atomic E-state index is 12.8. The molecule has 0 aliphatic carbocycles. The summed E-state index contributed by atoms with van der Waals surface area (Å²) in [5.74, 6) is 0.549. The minimum atomic E-state index is -4.53. The van der Waals surface area contributed by atoms with Crippen molar-refractivity contribution in [2.24, 2.45) is 5.92 Å². The van der Waals surface area contributed by atoms with Crippen LogP contribution in [0.25, 0.3) is 0 Å². The van der Waals surface area contributed by atoms with Gasteiger partial charge in [0.15, 0.2) is 5.82 Å². The molecule has 0 spiro atoms. The predicted octanol–water partition coefficient (Wildman–Crippen LogP) is 2.43. The van der Waals surface area contributed by atoms with Crippen molar-refractivity contribution in [3.05, 3.63) is 52.6 Å². The van der Waals surface area contributed by atoms with Gasteiger partial charge in [-0.15, -0.1) is 0 Å². The predicted molar refractivity (Wildman–Crippen MR) is 106 cm³/mol. The second-order valence-electron chi connectivity index (χ2n) is 7.52. The summed E-state index contributed by atoms with van der Waals surface area (Å²) in [6, 6.07) is 3.45. The number of nitrogens with zero attached hydrogens (tertiary/aromatic N) is 4. The van der Waals surface area contributed by atoms with E-state index in [0.29, 0.717) is 6.54 Å². The Bertz CT molecular complexity index is 1040. The van der Waals surface area contributed by atoms with Crippen LogP contribution in [0.2, 0.25) is 0 Å². The van der Waals surface area contributed by atoms with Gasteiger partial charge >= 0.3 is 6.18 Å². The van der Waals surface area contributed by atoms with Crippen molar-refractivity contribution < 1.29 is 21.6 Å². The number of alkyl halides is 3. The Morgan fingerprint density at radius 3 is 2.20 bits per heavy atom. The molecule has 3 rings (SSSR count). The van der Waals surface area contributed by atoms with Gasteiger partial charge in [0.1, 0.15) is 0 Å². The first-order valence-corrected chi connectivity index (χ1v) is 10.9. The lowest BCUT2D eigenvalue weighted by molar-refractivity contribution is -0.137. The third-order valence-corrected chi connectivity index (χ3v) is 6.73. The molecule has 1 saturated heterocycles. The van der Waals surface area contributed by atoms with E-state index in [1.54, 1.807) is 21.9 Å². The van der Waals surface area contributed by atoms with Gasteiger partial charge in [-0.05, 0) is 30.2 Å². The highest BCUT2D eigenvalue weighted by atomic mass is 32.2. The Balaban J connectivity index is 1.73. The van der Waals surface area contributed by atoms with E-state index < -0.39 is 21.8 Å². The number of benzene rings is 1. The molecule has 11 heteroatoms. The molecule has 164 valence electrons.